The third-order valence-electron chi connectivity index (χ3n) is 2.65. The van der Waals surface area contributed by atoms with Crippen molar-refractivity contribution in [2.75, 3.05) is 27.2 Å². The minimum Gasteiger partial charge on any atom is -0.467 e. The van der Waals surface area contributed by atoms with Gasteiger partial charge in [-0.1, -0.05) is 0 Å². The zero-order valence-corrected chi connectivity index (χ0v) is 8.19. The van der Waals surface area contributed by atoms with Crippen LogP contribution >= 0.6 is 0 Å². The van der Waals surface area contributed by atoms with Crippen molar-refractivity contribution >= 4 is 5.97 Å². The Morgan fingerprint density at radius 2 is 2.08 bits per heavy atom. The van der Waals surface area contributed by atoms with E-state index in [1.807, 2.05) is 7.05 Å². The monoisotopic (exact) mass is 187 g/mol. The first-order chi connectivity index (χ1) is 6.15. The lowest BCUT2D eigenvalue weighted by Gasteiger charge is -2.30. The molecule has 0 aromatic rings. The largest absolute Gasteiger partial charge is 0.467 e. The molecule has 1 fully saturated rings. The molecule has 0 bridgehead atoms. The molecule has 0 aliphatic carbocycles. The van der Waals surface area contributed by atoms with E-state index in [9.17, 15) is 9.90 Å². The van der Waals surface area contributed by atoms with Crippen LogP contribution in [0.3, 0.4) is 0 Å². The normalized spacial score (nSPS) is 22.7. The van der Waals surface area contributed by atoms with Crippen molar-refractivity contribution < 1.29 is 14.6 Å². The van der Waals surface area contributed by atoms with E-state index in [0.29, 0.717) is 0 Å². The molecule has 1 heterocycles. The van der Waals surface area contributed by atoms with Crippen LogP contribution in [0.4, 0.5) is 0 Å². The molecular weight excluding hydrogens is 170 g/mol. The molecule has 1 rings (SSSR count). The van der Waals surface area contributed by atoms with E-state index >= 15 is 0 Å². The van der Waals surface area contributed by atoms with Gasteiger partial charge >= 0.3 is 5.97 Å². The maximum atomic E-state index is 11.0. The van der Waals surface area contributed by atoms with E-state index in [2.05, 4.69) is 9.64 Å². The molecule has 4 nitrogen and oxygen atoms in total. The summed E-state index contributed by atoms with van der Waals surface area (Å²) in [7, 11) is 3.35. The van der Waals surface area contributed by atoms with Crippen molar-refractivity contribution in [1.82, 2.24) is 4.90 Å². The Bertz CT molecular complexity index is 176. The number of methoxy groups -OCH3 is 1. The molecule has 13 heavy (non-hydrogen) atoms. The van der Waals surface area contributed by atoms with E-state index in [1.54, 1.807) is 0 Å². The van der Waals surface area contributed by atoms with Crippen molar-refractivity contribution in [1.29, 1.82) is 0 Å². The van der Waals surface area contributed by atoms with Crippen LogP contribution in [0.15, 0.2) is 0 Å². The highest BCUT2D eigenvalue weighted by atomic mass is 16.5. The highest BCUT2D eigenvalue weighted by molar-refractivity contribution is 5.74. The van der Waals surface area contributed by atoms with Gasteiger partial charge in [-0.05, 0) is 38.9 Å². The molecule has 76 valence electrons. The number of aliphatic hydroxyl groups excluding tert-OH is 1. The average Bonchev–Trinajstić information content (AvgIpc) is 2.17. The number of hydrogen-bond acceptors (Lipinski definition) is 4. The Kier molecular flexibility index (Phi) is 3.69. The lowest BCUT2D eigenvalue weighted by Crippen LogP contribution is -2.39. The molecule has 0 radical (unpaired) electrons. The van der Waals surface area contributed by atoms with Crippen molar-refractivity contribution in [3.8, 4) is 0 Å². The minimum absolute atomic E-state index is 0.0728. The molecule has 1 N–H and O–H groups in total. The van der Waals surface area contributed by atoms with Gasteiger partial charge in [0.2, 0.25) is 0 Å². The Balaban J connectivity index is 2.39. The first-order valence-electron chi connectivity index (χ1n) is 4.59. The molecule has 0 amide bonds. The second-order valence-corrected chi connectivity index (χ2v) is 3.61. The number of likely N-dealkylation sites (tertiary alicyclic amines) is 1. The summed E-state index contributed by atoms with van der Waals surface area (Å²) in [4.78, 5) is 13.2. The SMILES string of the molecule is COC(=O)C(O)C1CCN(C)CC1. The predicted octanol–water partition coefficient (Wildman–Crippen LogP) is -0.138. The first kappa shape index (κ1) is 10.5. The molecule has 1 aliphatic rings. The van der Waals surface area contributed by atoms with Gasteiger partial charge in [-0.15, -0.1) is 0 Å². The molecule has 1 atom stereocenters. The maximum Gasteiger partial charge on any atom is 0.334 e. The zero-order chi connectivity index (χ0) is 9.84. The van der Waals surface area contributed by atoms with E-state index in [4.69, 9.17) is 0 Å². The fourth-order valence-corrected chi connectivity index (χ4v) is 1.66. The lowest BCUT2D eigenvalue weighted by atomic mass is 9.91. The number of hydrogen-bond donors (Lipinski definition) is 1. The molecule has 4 heteroatoms. The van der Waals surface area contributed by atoms with E-state index in [1.165, 1.54) is 7.11 Å². The lowest BCUT2D eigenvalue weighted by molar-refractivity contribution is -0.154. The van der Waals surface area contributed by atoms with Crippen LogP contribution in [-0.4, -0.2) is 49.3 Å². The average molecular weight is 187 g/mol. The van der Waals surface area contributed by atoms with Gasteiger partial charge in [0.15, 0.2) is 6.10 Å². The number of nitrogens with zero attached hydrogens (tertiary/aromatic N) is 1. The number of piperidine rings is 1. The number of carbonyl (C=O) groups is 1. The quantitative estimate of drug-likeness (QED) is 0.611. The summed E-state index contributed by atoms with van der Waals surface area (Å²) >= 11 is 0. The van der Waals surface area contributed by atoms with Crippen molar-refractivity contribution in [3.63, 3.8) is 0 Å². The fraction of sp³-hybridized carbons (Fsp3) is 0.889. The molecular formula is C9H17NO3. The van der Waals surface area contributed by atoms with Crippen LogP contribution in [0.25, 0.3) is 0 Å². The Morgan fingerprint density at radius 1 is 1.54 bits per heavy atom. The minimum atomic E-state index is -0.932. The van der Waals surface area contributed by atoms with Gasteiger partial charge in [-0.3, -0.25) is 0 Å². The van der Waals surface area contributed by atoms with Gasteiger partial charge in [0.25, 0.3) is 0 Å². The Morgan fingerprint density at radius 3 is 2.54 bits per heavy atom. The van der Waals surface area contributed by atoms with Crippen molar-refractivity contribution in [2.24, 2.45) is 5.92 Å². The molecule has 1 unspecified atom stereocenters. The van der Waals surface area contributed by atoms with Gasteiger partial charge in [-0.25, -0.2) is 4.79 Å². The third-order valence-corrected chi connectivity index (χ3v) is 2.65. The highest BCUT2D eigenvalue weighted by Gasteiger charge is 2.29. The molecule has 0 aromatic heterocycles. The van der Waals surface area contributed by atoms with E-state index in [-0.39, 0.29) is 5.92 Å². The number of rotatable bonds is 2. The van der Waals surface area contributed by atoms with Gasteiger partial charge < -0.3 is 14.7 Å². The predicted molar refractivity (Wildman–Crippen MR) is 48.2 cm³/mol. The molecule has 1 aliphatic heterocycles. The first-order valence-corrected chi connectivity index (χ1v) is 4.59. The standard InChI is InChI=1S/C9H17NO3/c1-10-5-3-7(4-6-10)8(11)9(12)13-2/h7-8,11H,3-6H2,1-2H3. The summed E-state index contributed by atoms with van der Waals surface area (Å²) < 4.78 is 4.49. The second kappa shape index (κ2) is 4.58. The molecule has 0 aromatic carbocycles. The van der Waals surface area contributed by atoms with E-state index in [0.717, 1.165) is 25.9 Å². The van der Waals surface area contributed by atoms with Crippen LogP contribution in [-0.2, 0) is 9.53 Å². The fourth-order valence-electron chi connectivity index (χ4n) is 1.66. The summed E-state index contributed by atoms with van der Waals surface area (Å²) in [6, 6.07) is 0. The molecule has 0 saturated carbocycles. The van der Waals surface area contributed by atoms with Gasteiger partial charge in [0.05, 0.1) is 7.11 Å². The van der Waals surface area contributed by atoms with Crippen LogP contribution < -0.4 is 0 Å². The maximum absolute atomic E-state index is 11.0. The number of carbonyl (C=O) groups excluding carboxylic acids is 1. The van der Waals surface area contributed by atoms with Gasteiger partial charge in [0.1, 0.15) is 0 Å². The number of esters is 1. The van der Waals surface area contributed by atoms with Crippen molar-refractivity contribution in [2.45, 2.75) is 18.9 Å². The Hall–Kier alpha value is -0.610. The van der Waals surface area contributed by atoms with Crippen molar-refractivity contribution in [3.05, 3.63) is 0 Å². The van der Waals surface area contributed by atoms with Gasteiger partial charge in [0, 0.05) is 0 Å². The number of aliphatic hydroxyl groups is 1. The summed E-state index contributed by atoms with van der Waals surface area (Å²) in [6.45, 7) is 1.89. The zero-order valence-electron chi connectivity index (χ0n) is 8.19. The number of ether oxygens (including phenoxy) is 1. The van der Waals surface area contributed by atoms with Gasteiger partial charge in [-0.2, -0.15) is 0 Å². The summed E-state index contributed by atoms with van der Waals surface area (Å²) in [5.74, 6) is -0.432. The van der Waals surface area contributed by atoms with Crippen LogP contribution in [0.2, 0.25) is 0 Å². The van der Waals surface area contributed by atoms with Crippen LogP contribution in [0, 0.1) is 5.92 Å². The highest BCUT2D eigenvalue weighted by Crippen LogP contribution is 2.20. The summed E-state index contributed by atoms with van der Waals surface area (Å²) in [5, 5.41) is 9.54. The molecule has 1 saturated heterocycles. The molecule has 0 spiro atoms. The summed E-state index contributed by atoms with van der Waals surface area (Å²) in [5.41, 5.74) is 0. The topological polar surface area (TPSA) is 49.8 Å². The van der Waals surface area contributed by atoms with Crippen LogP contribution in [0.5, 0.6) is 0 Å². The smallest absolute Gasteiger partial charge is 0.334 e. The third kappa shape index (κ3) is 2.67. The summed E-state index contributed by atoms with van der Waals surface area (Å²) in [6.07, 6.45) is 0.804. The Labute approximate surface area is 78.5 Å². The van der Waals surface area contributed by atoms with Crippen LogP contribution in [0.1, 0.15) is 12.8 Å². The second-order valence-electron chi connectivity index (χ2n) is 3.61. The van der Waals surface area contributed by atoms with E-state index < -0.39 is 12.1 Å².